The molecule has 100 valence electrons. The van der Waals surface area contributed by atoms with Crippen molar-refractivity contribution in [3.05, 3.63) is 21.9 Å². The fraction of sp³-hybridized carbons (Fsp3) is 0.500. The lowest BCUT2D eigenvalue weighted by Crippen LogP contribution is -2.50. The van der Waals surface area contributed by atoms with Gasteiger partial charge in [-0.25, -0.2) is 0 Å². The molecule has 0 aromatic carbocycles. The van der Waals surface area contributed by atoms with Gasteiger partial charge in [0.1, 0.15) is 0 Å². The Hall–Kier alpha value is -1.40. The standard InChI is InChI=1S/C12H17NO4S/c1-8-5-18-6-9(8)11(16)13-12(2,7-17-3)4-10(14)15/h5-6H,4,7H2,1-3H3,(H,13,16)(H,14,15). The number of methoxy groups -OCH3 is 1. The average Bonchev–Trinajstić information content (AvgIpc) is 2.62. The van der Waals surface area contributed by atoms with E-state index in [-0.39, 0.29) is 18.9 Å². The molecular weight excluding hydrogens is 254 g/mol. The van der Waals surface area contributed by atoms with Gasteiger partial charge in [0.05, 0.1) is 24.1 Å². The summed E-state index contributed by atoms with van der Waals surface area (Å²) in [6, 6.07) is 0. The Morgan fingerprint density at radius 2 is 2.17 bits per heavy atom. The zero-order valence-corrected chi connectivity index (χ0v) is 11.5. The summed E-state index contributed by atoms with van der Waals surface area (Å²) in [4.78, 5) is 22.9. The molecular formula is C12H17NO4S. The smallest absolute Gasteiger partial charge is 0.305 e. The molecule has 0 spiro atoms. The van der Waals surface area contributed by atoms with Crippen molar-refractivity contribution in [3.8, 4) is 0 Å². The number of aryl methyl sites for hydroxylation is 1. The monoisotopic (exact) mass is 271 g/mol. The second kappa shape index (κ2) is 5.97. The van der Waals surface area contributed by atoms with Crippen LogP contribution >= 0.6 is 11.3 Å². The number of carbonyl (C=O) groups excluding carboxylic acids is 1. The first kappa shape index (κ1) is 14.7. The van der Waals surface area contributed by atoms with Crippen LogP contribution in [0.3, 0.4) is 0 Å². The van der Waals surface area contributed by atoms with Gasteiger partial charge in [-0.2, -0.15) is 11.3 Å². The van der Waals surface area contributed by atoms with E-state index in [9.17, 15) is 9.59 Å². The first-order valence-electron chi connectivity index (χ1n) is 5.44. The van der Waals surface area contributed by atoms with E-state index >= 15 is 0 Å². The number of ether oxygens (including phenoxy) is 1. The Labute approximate surface area is 110 Å². The van der Waals surface area contributed by atoms with Crippen molar-refractivity contribution >= 4 is 23.2 Å². The van der Waals surface area contributed by atoms with Gasteiger partial charge in [0.2, 0.25) is 0 Å². The number of carboxylic acid groups (broad SMARTS) is 1. The summed E-state index contributed by atoms with van der Waals surface area (Å²) < 4.78 is 4.98. The van der Waals surface area contributed by atoms with Crippen molar-refractivity contribution in [2.45, 2.75) is 25.8 Å². The van der Waals surface area contributed by atoms with Crippen LogP contribution in [0.25, 0.3) is 0 Å². The topological polar surface area (TPSA) is 75.6 Å². The highest BCUT2D eigenvalue weighted by atomic mass is 32.1. The summed E-state index contributed by atoms with van der Waals surface area (Å²) in [7, 11) is 1.47. The molecule has 1 rings (SSSR count). The van der Waals surface area contributed by atoms with E-state index in [4.69, 9.17) is 9.84 Å². The molecule has 0 saturated heterocycles. The number of amides is 1. The van der Waals surface area contributed by atoms with E-state index in [1.54, 1.807) is 12.3 Å². The molecule has 1 aromatic heterocycles. The number of carboxylic acids is 1. The normalized spacial score (nSPS) is 13.9. The molecule has 1 amide bonds. The van der Waals surface area contributed by atoms with Crippen LogP contribution in [0.5, 0.6) is 0 Å². The fourth-order valence-electron chi connectivity index (χ4n) is 1.72. The Kier molecular flexibility index (Phi) is 4.86. The molecule has 0 fully saturated rings. The highest BCUT2D eigenvalue weighted by molar-refractivity contribution is 7.08. The van der Waals surface area contributed by atoms with E-state index in [0.29, 0.717) is 5.56 Å². The van der Waals surface area contributed by atoms with Crippen molar-refractivity contribution < 1.29 is 19.4 Å². The van der Waals surface area contributed by atoms with E-state index in [1.807, 2.05) is 12.3 Å². The van der Waals surface area contributed by atoms with Gasteiger partial charge in [-0.15, -0.1) is 0 Å². The molecule has 0 aliphatic rings. The summed E-state index contributed by atoms with van der Waals surface area (Å²) in [6.45, 7) is 3.65. The molecule has 0 aliphatic carbocycles. The SMILES string of the molecule is COCC(C)(CC(=O)O)NC(=O)c1cscc1C. The van der Waals surface area contributed by atoms with Gasteiger partial charge in [-0.05, 0) is 24.8 Å². The van der Waals surface area contributed by atoms with Crippen molar-refractivity contribution in [3.63, 3.8) is 0 Å². The third-order valence-corrected chi connectivity index (χ3v) is 3.38. The molecule has 1 heterocycles. The molecule has 0 radical (unpaired) electrons. The summed E-state index contributed by atoms with van der Waals surface area (Å²) >= 11 is 1.44. The van der Waals surface area contributed by atoms with E-state index in [2.05, 4.69) is 5.32 Å². The minimum atomic E-state index is -0.975. The molecule has 5 nitrogen and oxygen atoms in total. The Balaban J connectivity index is 2.81. The lowest BCUT2D eigenvalue weighted by atomic mass is 9.98. The minimum Gasteiger partial charge on any atom is -0.481 e. The zero-order valence-electron chi connectivity index (χ0n) is 10.6. The molecule has 2 N–H and O–H groups in total. The summed E-state index contributed by atoms with van der Waals surface area (Å²) in [5, 5.41) is 15.2. The Morgan fingerprint density at radius 1 is 1.50 bits per heavy atom. The van der Waals surface area contributed by atoms with Gasteiger partial charge < -0.3 is 15.2 Å². The van der Waals surface area contributed by atoms with Crippen LogP contribution in [-0.4, -0.2) is 36.2 Å². The maximum atomic E-state index is 12.0. The first-order valence-corrected chi connectivity index (χ1v) is 6.38. The third-order valence-electron chi connectivity index (χ3n) is 2.52. The number of nitrogens with one attached hydrogen (secondary N) is 1. The van der Waals surface area contributed by atoms with Gasteiger partial charge in [0.15, 0.2) is 0 Å². The van der Waals surface area contributed by atoms with Crippen LogP contribution < -0.4 is 5.32 Å². The second-order valence-electron chi connectivity index (χ2n) is 4.49. The number of carbonyl (C=O) groups is 2. The Bertz CT molecular complexity index is 443. The van der Waals surface area contributed by atoms with Crippen molar-refractivity contribution in [1.82, 2.24) is 5.32 Å². The van der Waals surface area contributed by atoms with E-state index in [0.717, 1.165) is 5.56 Å². The second-order valence-corrected chi connectivity index (χ2v) is 5.23. The molecule has 18 heavy (non-hydrogen) atoms. The van der Waals surface area contributed by atoms with Crippen LogP contribution in [0, 0.1) is 6.92 Å². The molecule has 0 bridgehead atoms. The van der Waals surface area contributed by atoms with E-state index < -0.39 is 11.5 Å². The Morgan fingerprint density at radius 3 is 2.61 bits per heavy atom. The molecule has 0 saturated carbocycles. The quantitative estimate of drug-likeness (QED) is 0.825. The largest absolute Gasteiger partial charge is 0.481 e. The first-order chi connectivity index (χ1) is 8.38. The minimum absolute atomic E-state index is 0.147. The molecule has 1 atom stereocenters. The maximum absolute atomic E-state index is 12.0. The molecule has 0 aliphatic heterocycles. The average molecular weight is 271 g/mol. The van der Waals surface area contributed by atoms with Crippen LogP contribution in [0.2, 0.25) is 0 Å². The van der Waals surface area contributed by atoms with Crippen LogP contribution in [0.15, 0.2) is 10.8 Å². The van der Waals surface area contributed by atoms with Crippen LogP contribution in [0.4, 0.5) is 0 Å². The predicted octanol–water partition coefficient (Wildman–Crippen LogP) is 1.67. The van der Waals surface area contributed by atoms with Crippen molar-refractivity contribution in [1.29, 1.82) is 0 Å². The van der Waals surface area contributed by atoms with Gasteiger partial charge in [0, 0.05) is 12.5 Å². The molecule has 1 unspecified atom stereocenters. The van der Waals surface area contributed by atoms with Crippen LogP contribution in [0.1, 0.15) is 29.3 Å². The van der Waals surface area contributed by atoms with Crippen molar-refractivity contribution in [2.24, 2.45) is 0 Å². The van der Waals surface area contributed by atoms with Gasteiger partial charge in [0.25, 0.3) is 5.91 Å². The lowest BCUT2D eigenvalue weighted by molar-refractivity contribution is -0.139. The third kappa shape index (κ3) is 3.82. The van der Waals surface area contributed by atoms with Gasteiger partial charge in [-0.3, -0.25) is 9.59 Å². The number of hydrogen-bond donors (Lipinski definition) is 2. The fourth-order valence-corrected chi connectivity index (χ4v) is 2.55. The summed E-state index contributed by atoms with van der Waals surface area (Å²) in [6.07, 6.45) is -0.185. The van der Waals surface area contributed by atoms with Gasteiger partial charge in [-0.1, -0.05) is 0 Å². The predicted molar refractivity (Wildman–Crippen MR) is 69.1 cm³/mol. The molecule has 6 heteroatoms. The summed E-state index contributed by atoms with van der Waals surface area (Å²) in [5.74, 6) is -1.24. The number of aliphatic carboxylic acids is 1. The highest BCUT2D eigenvalue weighted by Crippen LogP contribution is 2.17. The summed E-state index contributed by atoms with van der Waals surface area (Å²) in [5.41, 5.74) is 0.548. The van der Waals surface area contributed by atoms with Crippen molar-refractivity contribution in [2.75, 3.05) is 13.7 Å². The maximum Gasteiger partial charge on any atom is 0.305 e. The zero-order chi connectivity index (χ0) is 13.8. The van der Waals surface area contributed by atoms with Gasteiger partial charge >= 0.3 is 5.97 Å². The number of hydrogen-bond acceptors (Lipinski definition) is 4. The van der Waals surface area contributed by atoms with E-state index in [1.165, 1.54) is 18.4 Å². The lowest BCUT2D eigenvalue weighted by Gasteiger charge is -2.28. The molecule has 1 aromatic rings. The number of thiophene rings is 1. The van der Waals surface area contributed by atoms with Crippen LogP contribution in [-0.2, 0) is 9.53 Å². The number of rotatable bonds is 6. The highest BCUT2D eigenvalue weighted by Gasteiger charge is 2.30.